The molecular weight excluding hydrogens is 246 g/mol. The maximum Gasteiger partial charge on any atom is 0.240 e. The number of carbonyl (C=O) groups excluding carboxylic acids is 1. The highest BCUT2D eigenvalue weighted by Crippen LogP contribution is 2.17. The predicted molar refractivity (Wildman–Crippen MR) is 73.0 cm³/mol. The Kier molecular flexibility index (Phi) is 5.08. The standard InChI is InChI=1S/C13H23N3O3/c1-9(2)10-6-12(19-15-10)14-11(18)7-16(5)13(3,4)8-17/h6,9,17H,7-8H2,1-5H3,(H,14,18). The van der Waals surface area contributed by atoms with Gasteiger partial charge in [-0.25, -0.2) is 0 Å². The molecule has 6 nitrogen and oxygen atoms in total. The maximum atomic E-state index is 11.8. The van der Waals surface area contributed by atoms with E-state index in [-0.39, 0.29) is 25.0 Å². The number of aromatic nitrogens is 1. The second kappa shape index (κ2) is 6.16. The summed E-state index contributed by atoms with van der Waals surface area (Å²) < 4.78 is 5.04. The average Bonchev–Trinajstić information content (AvgIpc) is 2.77. The number of rotatable bonds is 6. The second-order valence-electron chi connectivity index (χ2n) is 5.65. The lowest BCUT2D eigenvalue weighted by Crippen LogP contribution is -2.47. The molecule has 2 N–H and O–H groups in total. The lowest BCUT2D eigenvalue weighted by Gasteiger charge is -2.33. The quantitative estimate of drug-likeness (QED) is 0.817. The molecule has 0 fully saturated rings. The third-order valence-electron chi connectivity index (χ3n) is 3.18. The maximum absolute atomic E-state index is 11.8. The largest absolute Gasteiger partial charge is 0.394 e. The molecule has 1 amide bonds. The first kappa shape index (κ1) is 15.7. The van der Waals surface area contributed by atoms with E-state index in [1.165, 1.54) is 0 Å². The normalized spacial score (nSPS) is 12.2. The number of anilines is 1. The van der Waals surface area contributed by atoms with Gasteiger partial charge in [0.2, 0.25) is 11.8 Å². The molecule has 0 aliphatic heterocycles. The number of hydrogen-bond acceptors (Lipinski definition) is 5. The number of hydrogen-bond donors (Lipinski definition) is 2. The van der Waals surface area contributed by atoms with Gasteiger partial charge in [-0.2, -0.15) is 0 Å². The van der Waals surface area contributed by atoms with E-state index in [9.17, 15) is 9.90 Å². The summed E-state index contributed by atoms with van der Waals surface area (Å²) in [4.78, 5) is 13.6. The van der Waals surface area contributed by atoms with Gasteiger partial charge in [0.25, 0.3) is 0 Å². The van der Waals surface area contributed by atoms with Crippen molar-refractivity contribution >= 4 is 11.8 Å². The molecule has 1 heterocycles. The van der Waals surface area contributed by atoms with Crippen LogP contribution in [0.25, 0.3) is 0 Å². The van der Waals surface area contributed by atoms with Crippen molar-refractivity contribution in [3.8, 4) is 0 Å². The predicted octanol–water partition coefficient (Wildman–Crippen LogP) is 1.44. The number of aliphatic hydroxyl groups excluding tert-OH is 1. The topological polar surface area (TPSA) is 78.6 Å². The summed E-state index contributed by atoms with van der Waals surface area (Å²) >= 11 is 0. The number of amides is 1. The lowest BCUT2D eigenvalue weighted by atomic mass is 10.1. The molecule has 0 atom stereocenters. The molecule has 0 aliphatic carbocycles. The van der Waals surface area contributed by atoms with Crippen molar-refractivity contribution in [2.45, 2.75) is 39.2 Å². The van der Waals surface area contributed by atoms with Crippen molar-refractivity contribution in [3.63, 3.8) is 0 Å². The van der Waals surface area contributed by atoms with Crippen molar-refractivity contribution < 1.29 is 14.4 Å². The zero-order chi connectivity index (χ0) is 14.6. The summed E-state index contributed by atoms with van der Waals surface area (Å²) in [5.74, 6) is 0.407. The average molecular weight is 269 g/mol. The van der Waals surface area contributed by atoms with Crippen LogP contribution in [0.15, 0.2) is 10.6 Å². The Hall–Kier alpha value is -1.40. The van der Waals surface area contributed by atoms with Crippen molar-refractivity contribution in [2.75, 3.05) is 25.5 Å². The summed E-state index contributed by atoms with van der Waals surface area (Å²) in [6.07, 6.45) is 0. The Balaban J connectivity index is 2.55. The van der Waals surface area contributed by atoms with Crippen molar-refractivity contribution in [2.24, 2.45) is 0 Å². The molecule has 108 valence electrons. The van der Waals surface area contributed by atoms with Gasteiger partial charge in [0.1, 0.15) is 0 Å². The minimum Gasteiger partial charge on any atom is -0.394 e. The van der Waals surface area contributed by atoms with Gasteiger partial charge in [-0.1, -0.05) is 19.0 Å². The van der Waals surface area contributed by atoms with Crippen molar-refractivity contribution in [1.29, 1.82) is 0 Å². The Bertz CT molecular complexity index is 427. The Morgan fingerprint density at radius 1 is 1.58 bits per heavy atom. The molecule has 0 bridgehead atoms. The number of nitrogens with zero attached hydrogens (tertiary/aromatic N) is 2. The van der Waals surface area contributed by atoms with E-state index in [0.29, 0.717) is 5.88 Å². The molecule has 1 aromatic heterocycles. The zero-order valence-electron chi connectivity index (χ0n) is 12.2. The number of nitrogens with one attached hydrogen (secondary N) is 1. The van der Waals surface area contributed by atoms with Gasteiger partial charge < -0.3 is 9.63 Å². The molecule has 0 saturated heterocycles. The Morgan fingerprint density at radius 2 is 2.21 bits per heavy atom. The summed E-state index contributed by atoms with van der Waals surface area (Å²) in [5.41, 5.74) is 0.362. The van der Waals surface area contributed by atoms with E-state index in [4.69, 9.17) is 4.52 Å². The summed E-state index contributed by atoms with van der Waals surface area (Å²) in [6, 6.07) is 1.72. The van der Waals surface area contributed by atoms with Crippen LogP contribution in [0.4, 0.5) is 5.88 Å². The minimum atomic E-state index is -0.443. The molecule has 0 aromatic carbocycles. The highest BCUT2D eigenvalue weighted by molar-refractivity contribution is 5.91. The van der Waals surface area contributed by atoms with Crippen LogP contribution >= 0.6 is 0 Å². The summed E-state index contributed by atoms with van der Waals surface area (Å²) in [7, 11) is 1.79. The van der Waals surface area contributed by atoms with Crippen LogP contribution in [0.5, 0.6) is 0 Å². The van der Waals surface area contributed by atoms with Gasteiger partial charge in [0.05, 0.1) is 18.8 Å². The Labute approximate surface area is 113 Å². The van der Waals surface area contributed by atoms with E-state index in [2.05, 4.69) is 10.5 Å². The zero-order valence-corrected chi connectivity index (χ0v) is 12.2. The first-order valence-corrected chi connectivity index (χ1v) is 6.35. The SMILES string of the molecule is CC(C)c1cc(NC(=O)CN(C)C(C)(C)CO)on1. The highest BCUT2D eigenvalue weighted by Gasteiger charge is 2.24. The van der Waals surface area contributed by atoms with Gasteiger partial charge in [-0.15, -0.1) is 0 Å². The number of likely N-dealkylation sites (N-methyl/N-ethyl adjacent to an activating group) is 1. The third-order valence-corrected chi connectivity index (χ3v) is 3.18. The lowest BCUT2D eigenvalue weighted by molar-refractivity contribution is -0.118. The summed E-state index contributed by atoms with van der Waals surface area (Å²) in [5, 5.41) is 15.8. The summed E-state index contributed by atoms with van der Waals surface area (Å²) in [6.45, 7) is 7.89. The van der Waals surface area contributed by atoms with E-state index < -0.39 is 5.54 Å². The first-order valence-electron chi connectivity index (χ1n) is 6.35. The second-order valence-corrected chi connectivity index (χ2v) is 5.65. The van der Waals surface area contributed by atoms with Gasteiger partial charge >= 0.3 is 0 Å². The minimum absolute atomic E-state index is 0.0173. The van der Waals surface area contributed by atoms with E-state index in [1.807, 2.05) is 27.7 Å². The van der Waals surface area contributed by atoms with Crippen LogP contribution in [-0.4, -0.2) is 46.8 Å². The Morgan fingerprint density at radius 3 is 2.68 bits per heavy atom. The molecular formula is C13H23N3O3. The van der Waals surface area contributed by atoms with Gasteiger partial charge in [-0.3, -0.25) is 15.0 Å². The number of aliphatic hydroxyl groups is 1. The van der Waals surface area contributed by atoms with Crippen LogP contribution in [0.3, 0.4) is 0 Å². The van der Waals surface area contributed by atoms with Crippen LogP contribution in [0, 0.1) is 0 Å². The third kappa shape index (κ3) is 4.33. The van der Waals surface area contributed by atoms with Gasteiger partial charge in [-0.05, 0) is 26.8 Å². The first-order chi connectivity index (χ1) is 8.76. The van der Waals surface area contributed by atoms with Crippen molar-refractivity contribution in [1.82, 2.24) is 10.1 Å². The molecule has 19 heavy (non-hydrogen) atoms. The fourth-order valence-electron chi connectivity index (χ4n) is 1.35. The monoisotopic (exact) mass is 269 g/mol. The highest BCUT2D eigenvalue weighted by atomic mass is 16.5. The fourth-order valence-corrected chi connectivity index (χ4v) is 1.35. The van der Waals surface area contributed by atoms with Crippen LogP contribution in [-0.2, 0) is 4.79 Å². The fraction of sp³-hybridized carbons (Fsp3) is 0.692. The molecule has 0 spiro atoms. The molecule has 0 aliphatic rings. The number of carbonyl (C=O) groups is 1. The molecule has 6 heteroatoms. The van der Waals surface area contributed by atoms with Crippen molar-refractivity contribution in [3.05, 3.63) is 11.8 Å². The molecule has 1 aromatic rings. The van der Waals surface area contributed by atoms with Gasteiger partial charge in [0.15, 0.2) is 0 Å². The molecule has 1 rings (SSSR count). The van der Waals surface area contributed by atoms with Crippen LogP contribution < -0.4 is 5.32 Å². The van der Waals surface area contributed by atoms with Gasteiger partial charge in [0, 0.05) is 11.6 Å². The smallest absolute Gasteiger partial charge is 0.240 e. The molecule has 0 saturated carbocycles. The molecule has 0 radical (unpaired) electrons. The molecule has 0 unspecified atom stereocenters. The van der Waals surface area contributed by atoms with E-state index in [1.54, 1.807) is 18.0 Å². The van der Waals surface area contributed by atoms with Crippen LogP contribution in [0.2, 0.25) is 0 Å². The van der Waals surface area contributed by atoms with Crippen LogP contribution in [0.1, 0.15) is 39.3 Å². The van der Waals surface area contributed by atoms with E-state index >= 15 is 0 Å². The van der Waals surface area contributed by atoms with E-state index in [0.717, 1.165) is 5.69 Å².